The number of carbonyl (C=O) groups is 1. The van der Waals surface area contributed by atoms with Crippen molar-refractivity contribution in [3.8, 4) is 0 Å². The predicted octanol–water partition coefficient (Wildman–Crippen LogP) is 3.13. The Labute approximate surface area is 92.4 Å². The van der Waals surface area contributed by atoms with Crippen LogP contribution in [-0.2, 0) is 17.4 Å². The number of hydrogen-bond acceptors (Lipinski definition) is 1. The zero-order valence-electron chi connectivity index (χ0n) is 7.61. The summed E-state index contributed by atoms with van der Waals surface area (Å²) in [5, 5.41) is 7.95. The Hall–Kier alpha value is -1.30. The number of alkyl halides is 3. The summed E-state index contributed by atoms with van der Waals surface area (Å²) in [6, 6.07) is 1.15. The molecule has 0 atom stereocenters. The number of halogens is 5. The maximum atomic E-state index is 13.2. The van der Waals surface area contributed by atoms with E-state index in [1.165, 1.54) is 0 Å². The van der Waals surface area contributed by atoms with Gasteiger partial charge in [-0.1, -0.05) is 11.6 Å². The second-order valence-corrected chi connectivity index (χ2v) is 3.42. The van der Waals surface area contributed by atoms with Gasteiger partial charge >= 0.3 is 12.1 Å². The topological polar surface area (TPSA) is 37.3 Å². The maximum Gasteiger partial charge on any atom is 0.416 e. The fourth-order valence-electron chi connectivity index (χ4n) is 1.19. The minimum atomic E-state index is -4.84. The van der Waals surface area contributed by atoms with Crippen molar-refractivity contribution in [2.75, 3.05) is 0 Å². The third-order valence-corrected chi connectivity index (χ3v) is 2.01. The van der Waals surface area contributed by atoms with Crippen LogP contribution in [0.15, 0.2) is 12.1 Å². The van der Waals surface area contributed by atoms with E-state index in [1.54, 1.807) is 0 Å². The van der Waals surface area contributed by atoms with Crippen molar-refractivity contribution in [2.24, 2.45) is 0 Å². The van der Waals surface area contributed by atoms with Gasteiger partial charge in [-0.15, -0.1) is 0 Å². The van der Waals surface area contributed by atoms with Gasteiger partial charge in [-0.3, -0.25) is 4.79 Å². The molecule has 1 rings (SSSR count). The molecule has 0 unspecified atom stereocenters. The van der Waals surface area contributed by atoms with E-state index in [9.17, 15) is 22.4 Å². The summed E-state index contributed by atoms with van der Waals surface area (Å²) in [7, 11) is 0. The number of rotatable bonds is 2. The van der Waals surface area contributed by atoms with E-state index in [1.807, 2.05) is 0 Å². The molecule has 2 nitrogen and oxygen atoms in total. The van der Waals surface area contributed by atoms with Crippen LogP contribution in [-0.4, -0.2) is 11.1 Å². The molecule has 0 saturated carbocycles. The van der Waals surface area contributed by atoms with E-state index < -0.39 is 40.5 Å². The molecule has 0 saturated heterocycles. The first-order valence-electron chi connectivity index (χ1n) is 3.98. The van der Waals surface area contributed by atoms with Crippen LogP contribution in [0, 0.1) is 5.82 Å². The molecule has 1 N–H and O–H groups in total. The number of benzene rings is 1. The summed E-state index contributed by atoms with van der Waals surface area (Å²) in [4.78, 5) is 10.3. The molecule has 1 aromatic carbocycles. The van der Waals surface area contributed by atoms with E-state index in [-0.39, 0.29) is 0 Å². The van der Waals surface area contributed by atoms with Crippen molar-refractivity contribution in [3.63, 3.8) is 0 Å². The van der Waals surface area contributed by atoms with Gasteiger partial charge in [0.2, 0.25) is 0 Å². The van der Waals surface area contributed by atoms with Crippen molar-refractivity contribution < 1.29 is 27.5 Å². The van der Waals surface area contributed by atoms with Gasteiger partial charge in [-0.05, 0) is 12.1 Å². The summed E-state index contributed by atoms with van der Waals surface area (Å²) in [6.07, 6.45) is -5.88. The highest BCUT2D eigenvalue weighted by atomic mass is 35.5. The van der Waals surface area contributed by atoms with Crippen molar-refractivity contribution >= 4 is 17.6 Å². The van der Waals surface area contributed by atoms with Crippen LogP contribution in [0.1, 0.15) is 11.1 Å². The van der Waals surface area contributed by atoms with Crippen molar-refractivity contribution in [1.29, 1.82) is 0 Å². The summed E-state index contributed by atoms with van der Waals surface area (Å²) >= 11 is 5.28. The number of carboxylic acid groups (broad SMARTS) is 1. The Morgan fingerprint density at radius 1 is 1.38 bits per heavy atom. The molecule has 1 aromatic rings. The predicted molar refractivity (Wildman–Crippen MR) is 47.8 cm³/mol. The molecule has 0 aliphatic heterocycles. The van der Waals surface area contributed by atoms with Gasteiger partial charge < -0.3 is 5.11 Å². The van der Waals surface area contributed by atoms with Gasteiger partial charge in [0.1, 0.15) is 5.82 Å². The lowest BCUT2D eigenvalue weighted by molar-refractivity contribution is -0.140. The van der Waals surface area contributed by atoms with Gasteiger partial charge in [-0.2, -0.15) is 13.2 Å². The van der Waals surface area contributed by atoms with Crippen LogP contribution in [0.5, 0.6) is 0 Å². The smallest absolute Gasteiger partial charge is 0.416 e. The quantitative estimate of drug-likeness (QED) is 0.826. The van der Waals surface area contributed by atoms with Gasteiger partial charge in [0.25, 0.3) is 0 Å². The molecule has 7 heteroatoms. The van der Waals surface area contributed by atoms with Crippen molar-refractivity contribution in [2.45, 2.75) is 12.6 Å². The van der Waals surface area contributed by atoms with E-state index >= 15 is 0 Å². The molecule has 0 amide bonds. The summed E-state index contributed by atoms with van der Waals surface area (Å²) in [5.74, 6) is -2.83. The van der Waals surface area contributed by atoms with Crippen LogP contribution in [0.4, 0.5) is 17.6 Å². The average Bonchev–Trinajstić information content (AvgIpc) is 2.06. The average molecular weight is 257 g/mol. The van der Waals surface area contributed by atoms with Crippen LogP contribution >= 0.6 is 11.6 Å². The molecule has 88 valence electrons. The molecule has 0 aliphatic rings. The first-order chi connectivity index (χ1) is 7.21. The van der Waals surface area contributed by atoms with Gasteiger partial charge in [0, 0.05) is 10.6 Å². The third-order valence-electron chi connectivity index (χ3n) is 1.79. The third kappa shape index (κ3) is 2.85. The Morgan fingerprint density at radius 3 is 2.38 bits per heavy atom. The lowest BCUT2D eigenvalue weighted by atomic mass is 10.0. The molecular weight excluding hydrogens is 252 g/mol. The molecular formula is C9H5ClF4O2. The normalized spacial score (nSPS) is 11.6. The molecule has 0 aliphatic carbocycles. The summed E-state index contributed by atoms with van der Waals surface area (Å²) in [6.45, 7) is 0. The molecule has 16 heavy (non-hydrogen) atoms. The summed E-state index contributed by atoms with van der Waals surface area (Å²) < 4.78 is 50.5. The standard InChI is InChI=1S/C9H5ClF4O2/c10-4-1-6(9(12,13)14)5(3-8(15)16)7(11)2-4/h1-2H,3H2,(H,15,16). The van der Waals surface area contributed by atoms with Crippen LogP contribution in [0.3, 0.4) is 0 Å². The minimum Gasteiger partial charge on any atom is -0.481 e. The molecule has 0 heterocycles. The van der Waals surface area contributed by atoms with Crippen molar-refractivity contribution in [3.05, 3.63) is 34.1 Å². The molecule has 0 spiro atoms. The highest BCUT2D eigenvalue weighted by Gasteiger charge is 2.35. The molecule has 0 bridgehead atoms. The molecule has 0 aromatic heterocycles. The fourth-order valence-corrected chi connectivity index (χ4v) is 1.39. The number of aliphatic carboxylic acids is 1. The van der Waals surface area contributed by atoms with Crippen molar-refractivity contribution in [1.82, 2.24) is 0 Å². The Kier molecular flexibility index (Phi) is 3.42. The van der Waals surface area contributed by atoms with E-state index in [0.29, 0.717) is 12.1 Å². The fraction of sp³-hybridized carbons (Fsp3) is 0.222. The Bertz CT molecular complexity index is 428. The Morgan fingerprint density at radius 2 is 1.94 bits per heavy atom. The van der Waals surface area contributed by atoms with E-state index in [2.05, 4.69) is 0 Å². The monoisotopic (exact) mass is 256 g/mol. The SMILES string of the molecule is O=C(O)Cc1c(F)cc(Cl)cc1C(F)(F)F. The number of carboxylic acids is 1. The first kappa shape index (κ1) is 12.8. The summed E-state index contributed by atoms with van der Waals surface area (Å²) in [5.41, 5.74) is -2.27. The number of hydrogen-bond donors (Lipinski definition) is 1. The maximum absolute atomic E-state index is 13.2. The molecule has 0 radical (unpaired) electrons. The van der Waals surface area contributed by atoms with Crippen LogP contribution in [0.25, 0.3) is 0 Å². The lowest BCUT2D eigenvalue weighted by Gasteiger charge is -2.12. The zero-order valence-corrected chi connectivity index (χ0v) is 8.36. The van der Waals surface area contributed by atoms with Gasteiger partial charge in [0.15, 0.2) is 0 Å². The van der Waals surface area contributed by atoms with Gasteiger partial charge in [0.05, 0.1) is 12.0 Å². The largest absolute Gasteiger partial charge is 0.481 e. The first-order valence-corrected chi connectivity index (χ1v) is 4.36. The molecule has 0 fully saturated rings. The Balaban J connectivity index is 3.38. The zero-order chi connectivity index (χ0) is 12.5. The van der Waals surface area contributed by atoms with E-state index in [0.717, 1.165) is 0 Å². The second kappa shape index (κ2) is 4.29. The van der Waals surface area contributed by atoms with Crippen LogP contribution in [0.2, 0.25) is 5.02 Å². The highest BCUT2D eigenvalue weighted by Crippen LogP contribution is 2.35. The highest BCUT2D eigenvalue weighted by molar-refractivity contribution is 6.30. The lowest BCUT2D eigenvalue weighted by Crippen LogP contribution is -2.14. The minimum absolute atomic E-state index is 0.432. The second-order valence-electron chi connectivity index (χ2n) is 2.98. The van der Waals surface area contributed by atoms with E-state index in [4.69, 9.17) is 16.7 Å². The van der Waals surface area contributed by atoms with Crippen LogP contribution < -0.4 is 0 Å². The van der Waals surface area contributed by atoms with Gasteiger partial charge in [-0.25, -0.2) is 4.39 Å².